The predicted molar refractivity (Wildman–Crippen MR) is 67.6 cm³/mol. The number of nitrogens with two attached hydrogens (primary N) is 2. The van der Waals surface area contributed by atoms with Gasteiger partial charge in [-0.3, -0.25) is 0 Å². The second-order valence-electron chi connectivity index (χ2n) is 1.96. The van der Waals surface area contributed by atoms with Crippen LogP contribution in [0.5, 0.6) is 0 Å². The van der Waals surface area contributed by atoms with Gasteiger partial charge in [-0.05, 0) is 22.9 Å². The lowest BCUT2D eigenvalue weighted by atomic mass is 10.3. The molecule has 0 aliphatic rings. The number of allylic oxidation sites excluding steroid dienone is 3. The van der Waals surface area contributed by atoms with Gasteiger partial charge in [0.05, 0.1) is 11.4 Å². The highest BCUT2D eigenvalue weighted by atomic mass is 79.9. The Balaban J connectivity index is 0. The Morgan fingerprint density at radius 3 is 1.92 bits per heavy atom. The van der Waals surface area contributed by atoms with Gasteiger partial charge in [0.25, 0.3) is 0 Å². The van der Waals surface area contributed by atoms with Gasteiger partial charge in [-0.1, -0.05) is 26.5 Å². The normalized spacial score (nSPS) is 13.3. The van der Waals surface area contributed by atoms with E-state index >= 15 is 0 Å². The molecule has 0 aliphatic heterocycles. The number of halogens is 1. The summed E-state index contributed by atoms with van der Waals surface area (Å²) in [6.45, 7) is 9.31. The molecule has 0 saturated carbocycles. The molecule has 2 nitrogen and oxygen atoms in total. The van der Waals surface area contributed by atoms with Crippen molar-refractivity contribution in [2.75, 3.05) is 0 Å². The molecule has 0 aromatic rings. The summed E-state index contributed by atoms with van der Waals surface area (Å²) < 4.78 is 0.684. The van der Waals surface area contributed by atoms with Crippen LogP contribution in [0.2, 0.25) is 0 Å². The molecule has 0 unspecified atom stereocenters. The second-order valence-corrected chi connectivity index (χ2v) is 3.49. The fraction of sp³-hybridized carbons (Fsp3) is 0.333. The van der Waals surface area contributed by atoms with E-state index in [-0.39, 0.29) is 0 Å². The van der Waals surface area contributed by atoms with Crippen molar-refractivity contribution in [2.45, 2.75) is 20.8 Å². The Morgan fingerprint density at radius 1 is 1.31 bits per heavy atom. The van der Waals surface area contributed by atoms with Crippen LogP contribution in [0.15, 0.2) is 33.4 Å². The standard InChI is InChI=1S/C7H11BrN2S.C2H6/c1-3-5(8)7(10)6(9)4(2)11;1-2/h3,11H,1,9-10H2,2H3;1-2H3/b6-4-,7-5-;. The highest BCUT2D eigenvalue weighted by Crippen LogP contribution is 2.16. The maximum absolute atomic E-state index is 5.60. The van der Waals surface area contributed by atoms with Crippen LogP contribution in [-0.4, -0.2) is 0 Å². The van der Waals surface area contributed by atoms with Crippen LogP contribution in [0.25, 0.3) is 0 Å². The van der Waals surface area contributed by atoms with Crippen LogP contribution in [0, 0.1) is 0 Å². The summed E-state index contributed by atoms with van der Waals surface area (Å²) in [5.41, 5.74) is 12.1. The summed E-state index contributed by atoms with van der Waals surface area (Å²) in [4.78, 5) is 0.696. The van der Waals surface area contributed by atoms with Gasteiger partial charge in [0.1, 0.15) is 0 Å². The van der Waals surface area contributed by atoms with Crippen LogP contribution in [0.1, 0.15) is 20.8 Å². The zero-order valence-corrected chi connectivity index (χ0v) is 10.7. The summed E-state index contributed by atoms with van der Waals surface area (Å²) in [6, 6.07) is 0. The first-order valence-corrected chi connectivity index (χ1v) is 5.18. The summed E-state index contributed by atoms with van der Waals surface area (Å²) >= 11 is 7.25. The number of rotatable bonds is 2. The molecular weight excluding hydrogens is 248 g/mol. The average molecular weight is 265 g/mol. The largest absolute Gasteiger partial charge is 0.396 e. The lowest BCUT2D eigenvalue weighted by Crippen LogP contribution is -2.11. The Bertz CT molecular complexity index is 228. The number of thiol groups is 1. The lowest BCUT2D eigenvalue weighted by molar-refractivity contribution is 1.22. The smallest absolute Gasteiger partial charge is 0.0699 e. The van der Waals surface area contributed by atoms with Crippen molar-refractivity contribution in [1.82, 2.24) is 0 Å². The molecule has 0 saturated heterocycles. The monoisotopic (exact) mass is 264 g/mol. The molecular formula is C9H17BrN2S. The van der Waals surface area contributed by atoms with Crippen LogP contribution in [0.3, 0.4) is 0 Å². The van der Waals surface area contributed by atoms with Gasteiger partial charge in [0, 0.05) is 9.39 Å². The third kappa shape index (κ3) is 5.82. The van der Waals surface area contributed by atoms with E-state index in [1.54, 1.807) is 13.0 Å². The molecule has 0 aromatic heterocycles. The molecule has 0 heterocycles. The molecule has 0 aliphatic carbocycles. The summed E-state index contributed by atoms with van der Waals surface area (Å²) in [5, 5.41) is 0. The molecule has 0 rings (SSSR count). The zero-order chi connectivity index (χ0) is 11.0. The molecule has 0 spiro atoms. The van der Waals surface area contributed by atoms with Crippen molar-refractivity contribution in [3.63, 3.8) is 0 Å². The van der Waals surface area contributed by atoms with Crippen molar-refractivity contribution >= 4 is 28.6 Å². The maximum Gasteiger partial charge on any atom is 0.0699 e. The fourth-order valence-corrected chi connectivity index (χ4v) is 0.768. The quantitative estimate of drug-likeness (QED) is 0.531. The molecule has 0 amide bonds. The maximum atomic E-state index is 5.60. The minimum absolute atomic E-state index is 0.465. The topological polar surface area (TPSA) is 52.0 Å². The van der Waals surface area contributed by atoms with E-state index in [1.807, 2.05) is 13.8 Å². The third-order valence-electron chi connectivity index (χ3n) is 1.12. The Morgan fingerprint density at radius 2 is 1.69 bits per heavy atom. The first-order valence-electron chi connectivity index (χ1n) is 3.94. The van der Waals surface area contributed by atoms with Gasteiger partial charge < -0.3 is 11.5 Å². The minimum Gasteiger partial charge on any atom is -0.396 e. The van der Waals surface area contributed by atoms with Crippen molar-refractivity contribution < 1.29 is 0 Å². The first-order chi connectivity index (χ1) is 6.00. The van der Waals surface area contributed by atoms with Crippen LogP contribution >= 0.6 is 28.6 Å². The summed E-state index contributed by atoms with van der Waals surface area (Å²) in [7, 11) is 0. The number of hydrogen-bond donors (Lipinski definition) is 3. The van der Waals surface area contributed by atoms with E-state index in [0.717, 1.165) is 0 Å². The summed E-state index contributed by atoms with van der Waals surface area (Å²) in [6.07, 6.45) is 1.58. The average Bonchev–Trinajstić information content (AvgIpc) is 2.17. The number of hydrogen-bond acceptors (Lipinski definition) is 3. The Hall–Kier alpha value is -0.350. The second kappa shape index (κ2) is 8.26. The molecule has 0 atom stereocenters. The molecule has 4 N–H and O–H groups in total. The highest BCUT2D eigenvalue weighted by molar-refractivity contribution is 9.11. The van der Waals surface area contributed by atoms with Crippen molar-refractivity contribution in [2.24, 2.45) is 11.5 Å². The Kier molecular flexibility index (Phi) is 9.61. The van der Waals surface area contributed by atoms with Gasteiger partial charge in [0.15, 0.2) is 0 Å². The van der Waals surface area contributed by atoms with E-state index in [2.05, 4.69) is 35.1 Å². The third-order valence-corrected chi connectivity index (χ3v) is 2.11. The van der Waals surface area contributed by atoms with E-state index in [9.17, 15) is 0 Å². The van der Waals surface area contributed by atoms with Crippen LogP contribution in [0.4, 0.5) is 0 Å². The highest BCUT2D eigenvalue weighted by Gasteiger charge is 2.00. The van der Waals surface area contributed by atoms with Crippen LogP contribution in [-0.2, 0) is 0 Å². The van der Waals surface area contributed by atoms with Gasteiger partial charge in [-0.15, -0.1) is 12.6 Å². The minimum atomic E-state index is 0.465. The van der Waals surface area contributed by atoms with E-state index in [4.69, 9.17) is 11.5 Å². The van der Waals surface area contributed by atoms with E-state index in [1.165, 1.54) is 0 Å². The zero-order valence-electron chi connectivity index (χ0n) is 8.26. The molecule has 76 valence electrons. The molecule has 0 radical (unpaired) electrons. The van der Waals surface area contributed by atoms with Crippen molar-refractivity contribution in [3.8, 4) is 0 Å². The molecule has 13 heavy (non-hydrogen) atoms. The molecule has 0 aromatic carbocycles. The van der Waals surface area contributed by atoms with Crippen molar-refractivity contribution in [1.29, 1.82) is 0 Å². The van der Waals surface area contributed by atoms with Gasteiger partial charge in [0.2, 0.25) is 0 Å². The fourth-order valence-electron chi connectivity index (χ4n) is 0.434. The molecule has 0 fully saturated rings. The van der Waals surface area contributed by atoms with Crippen molar-refractivity contribution in [3.05, 3.63) is 33.4 Å². The summed E-state index contributed by atoms with van der Waals surface area (Å²) in [5.74, 6) is 0. The Labute approximate surface area is 94.3 Å². The first kappa shape index (κ1) is 15.1. The molecule has 4 heteroatoms. The van der Waals surface area contributed by atoms with E-state index < -0.39 is 0 Å². The van der Waals surface area contributed by atoms with Crippen LogP contribution < -0.4 is 11.5 Å². The lowest BCUT2D eigenvalue weighted by Gasteiger charge is -2.04. The molecule has 0 bridgehead atoms. The van der Waals surface area contributed by atoms with Gasteiger partial charge in [-0.25, -0.2) is 0 Å². The van der Waals surface area contributed by atoms with Gasteiger partial charge >= 0.3 is 0 Å². The van der Waals surface area contributed by atoms with Gasteiger partial charge in [-0.2, -0.15) is 0 Å². The predicted octanol–water partition coefficient (Wildman–Crippen LogP) is 2.88. The SMILES string of the molecule is C=C/C(Br)=C(N)\C(N)=C(/C)S.CC. The van der Waals surface area contributed by atoms with E-state index in [0.29, 0.717) is 20.8 Å².